The Balaban J connectivity index is 2.14. The zero-order valence-electron chi connectivity index (χ0n) is 17.2. The van der Waals surface area contributed by atoms with E-state index in [1.54, 1.807) is 30.3 Å². The number of nitrogens with two attached hydrogens (primary N) is 2. The summed E-state index contributed by atoms with van der Waals surface area (Å²) in [5, 5.41) is 3.89. The van der Waals surface area contributed by atoms with Gasteiger partial charge in [-0.15, -0.1) is 11.3 Å². The molecule has 9 heteroatoms. The van der Waals surface area contributed by atoms with Crippen LogP contribution in [0.3, 0.4) is 0 Å². The number of hydrogen-bond donors (Lipinski definition) is 3. The molecule has 1 heterocycles. The van der Waals surface area contributed by atoms with Crippen LogP contribution in [-0.4, -0.2) is 27.3 Å². The Morgan fingerprint density at radius 3 is 2.29 bits per heavy atom. The number of carbonyl (C=O) groups excluding carboxylic acids is 1. The number of nitrogen functional groups attached to an aromatic ring is 1. The summed E-state index contributed by atoms with van der Waals surface area (Å²) in [5.74, 6) is -0.332. The van der Waals surface area contributed by atoms with E-state index < -0.39 is 9.84 Å². The molecule has 0 aliphatic rings. The number of anilines is 2. The quantitative estimate of drug-likeness (QED) is 0.413. The molecule has 0 saturated heterocycles. The lowest BCUT2D eigenvalue weighted by Crippen LogP contribution is -2.31. The second kappa shape index (κ2) is 9.00. The van der Waals surface area contributed by atoms with Gasteiger partial charge in [0.25, 0.3) is 0 Å². The van der Waals surface area contributed by atoms with E-state index in [2.05, 4.69) is 5.32 Å². The van der Waals surface area contributed by atoms with Crippen molar-refractivity contribution in [3.05, 3.63) is 70.1 Å². The number of nitrogens with one attached hydrogen (secondary N) is 1. The van der Waals surface area contributed by atoms with E-state index in [1.807, 2.05) is 13.8 Å². The van der Waals surface area contributed by atoms with Crippen LogP contribution in [0.2, 0.25) is 5.02 Å². The van der Waals surface area contributed by atoms with Crippen LogP contribution in [0.15, 0.2) is 64.4 Å². The highest BCUT2D eigenvalue weighted by atomic mass is 35.5. The first kappa shape index (κ1) is 23.3. The second-order valence-electron chi connectivity index (χ2n) is 7.88. The Bertz CT molecular complexity index is 1190. The van der Waals surface area contributed by atoms with Crippen molar-refractivity contribution in [1.29, 1.82) is 0 Å². The summed E-state index contributed by atoms with van der Waals surface area (Å²) in [4.78, 5) is 13.2. The summed E-state index contributed by atoms with van der Waals surface area (Å²) in [6.45, 7) is 4.72. The fourth-order valence-corrected chi connectivity index (χ4v) is 5.88. The third-order valence-corrected chi connectivity index (χ3v) is 8.21. The van der Waals surface area contributed by atoms with Crippen molar-refractivity contribution in [2.24, 2.45) is 11.1 Å². The van der Waals surface area contributed by atoms with Crippen LogP contribution in [0.5, 0.6) is 0 Å². The van der Waals surface area contributed by atoms with Gasteiger partial charge in [-0.3, -0.25) is 4.79 Å². The van der Waals surface area contributed by atoms with E-state index in [4.69, 9.17) is 23.1 Å². The van der Waals surface area contributed by atoms with Gasteiger partial charge >= 0.3 is 0 Å². The van der Waals surface area contributed by atoms with Crippen molar-refractivity contribution in [2.45, 2.75) is 23.6 Å². The minimum absolute atomic E-state index is 0.0428. The van der Waals surface area contributed by atoms with Crippen LogP contribution in [0.4, 0.5) is 10.7 Å². The molecule has 1 aromatic heterocycles. The van der Waals surface area contributed by atoms with Gasteiger partial charge in [0.05, 0.1) is 10.6 Å². The molecule has 0 unspecified atom stereocenters. The molecule has 5 N–H and O–H groups in total. The average molecular weight is 478 g/mol. The largest absolute Gasteiger partial charge is 0.396 e. The highest BCUT2D eigenvalue weighted by Gasteiger charge is 2.32. The molecule has 2 aromatic carbocycles. The molecule has 3 aromatic rings. The number of hydrogen-bond acceptors (Lipinski definition) is 7. The van der Waals surface area contributed by atoms with Gasteiger partial charge in [-0.05, 0) is 36.2 Å². The highest BCUT2D eigenvalue weighted by Crippen LogP contribution is 2.43. The summed E-state index contributed by atoms with van der Waals surface area (Å²) in [6.07, 6.45) is 0. The van der Waals surface area contributed by atoms with Crippen LogP contribution in [0.1, 0.15) is 29.1 Å². The molecule has 0 atom stereocenters. The van der Waals surface area contributed by atoms with Crippen LogP contribution >= 0.6 is 22.9 Å². The zero-order chi connectivity index (χ0) is 22.8. The van der Waals surface area contributed by atoms with Gasteiger partial charge < -0.3 is 16.8 Å². The Labute approximate surface area is 191 Å². The Morgan fingerprint density at radius 1 is 1.10 bits per heavy atom. The average Bonchev–Trinajstić information content (AvgIpc) is 3.09. The Morgan fingerprint density at radius 2 is 1.71 bits per heavy atom. The number of ketones is 1. The maximum Gasteiger partial charge on any atom is 0.211 e. The molecule has 0 amide bonds. The first-order chi connectivity index (χ1) is 14.6. The fourth-order valence-electron chi connectivity index (χ4n) is 2.82. The van der Waals surface area contributed by atoms with Crippen LogP contribution in [0, 0.1) is 5.41 Å². The molecule has 3 rings (SSSR count). The van der Waals surface area contributed by atoms with E-state index in [1.165, 1.54) is 24.3 Å². The molecule has 164 valence electrons. The molecule has 0 aliphatic carbocycles. The maximum absolute atomic E-state index is 13.5. The van der Waals surface area contributed by atoms with Gasteiger partial charge in [0, 0.05) is 17.1 Å². The second-order valence-corrected chi connectivity index (χ2v) is 11.2. The Hall–Kier alpha value is -2.39. The van der Waals surface area contributed by atoms with Crippen LogP contribution in [-0.2, 0) is 9.84 Å². The van der Waals surface area contributed by atoms with Crippen LogP contribution in [0.25, 0.3) is 0 Å². The lowest BCUT2D eigenvalue weighted by Gasteiger charge is -2.23. The number of rotatable bonds is 8. The molecular weight excluding hydrogens is 454 g/mol. The molecule has 0 spiro atoms. The standard InChI is InChI=1S/C22H24ClN3O3S2/c1-22(2,12-24)13-26-21-20(31(28,29)16-10-8-15(23)9-11-16)17(25)19(30-21)18(27)14-6-4-3-5-7-14/h3-11,26H,12-13,24-25H2,1-2H3. The van der Waals surface area contributed by atoms with Gasteiger partial charge in [0.2, 0.25) is 15.6 Å². The number of carbonyl (C=O) groups is 1. The van der Waals surface area contributed by atoms with E-state index in [0.29, 0.717) is 28.7 Å². The monoisotopic (exact) mass is 477 g/mol. The lowest BCUT2D eigenvalue weighted by atomic mass is 9.94. The molecule has 31 heavy (non-hydrogen) atoms. The van der Waals surface area contributed by atoms with Crippen molar-refractivity contribution in [1.82, 2.24) is 0 Å². The fraction of sp³-hybridized carbons (Fsp3) is 0.227. The third kappa shape index (κ3) is 4.93. The normalized spacial score (nSPS) is 12.0. The summed E-state index contributed by atoms with van der Waals surface area (Å²) >= 11 is 6.95. The highest BCUT2D eigenvalue weighted by molar-refractivity contribution is 7.92. The predicted molar refractivity (Wildman–Crippen MR) is 127 cm³/mol. The maximum atomic E-state index is 13.5. The molecule has 0 fully saturated rings. The molecule has 0 radical (unpaired) electrons. The molecule has 0 bridgehead atoms. The van der Waals surface area contributed by atoms with Crippen molar-refractivity contribution < 1.29 is 13.2 Å². The minimum atomic E-state index is -4.01. The van der Waals surface area contributed by atoms with Crippen molar-refractivity contribution in [3.8, 4) is 0 Å². The molecular formula is C22H24ClN3O3S2. The minimum Gasteiger partial charge on any atom is -0.396 e. The lowest BCUT2D eigenvalue weighted by molar-refractivity contribution is 0.104. The number of sulfone groups is 1. The van der Waals surface area contributed by atoms with Gasteiger partial charge in [-0.2, -0.15) is 0 Å². The van der Waals surface area contributed by atoms with Gasteiger partial charge in [-0.25, -0.2) is 8.42 Å². The summed E-state index contributed by atoms with van der Waals surface area (Å²) in [7, 11) is -4.01. The van der Waals surface area contributed by atoms with E-state index in [-0.39, 0.29) is 31.6 Å². The van der Waals surface area contributed by atoms with E-state index in [0.717, 1.165) is 11.3 Å². The Kier molecular flexibility index (Phi) is 6.76. The molecule has 6 nitrogen and oxygen atoms in total. The van der Waals surface area contributed by atoms with E-state index >= 15 is 0 Å². The SMILES string of the molecule is CC(C)(CN)CNc1sc(C(=O)c2ccccc2)c(N)c1S(=O)(=O)c1ccc(Cl)cc1. The summed E-state index contributed by atoms with van der Waals surface area (Å²) < 4.78 is 26.9. The van der Waals surface area contributed by atoms with Crippen molar-refractivity contribution in [2.75, 3.05) is 24.1 Å². The summed E-state index contributed by atoms with van der Waals surface area (Å²) in [6, 6.07) is 14.4. The zero-order valence-corrected chi connectivity index (χ0v) is 19.6. The number of thiophene rings is 1. The van der Waals surface area contributed by atoms with E-state index in [9.17, 15) is 13.2 Å². The van der Waals surface area contributed by atoms with Crippen molar-refractivity contribution in [3.63, 3.8) is 0 Å². The topological polar surface area (TPSA) is 115 Å². The van der Waals surface area contributed by atoms with Crippen molar-refractivity contribution >= 4 is 49.2 Å². The number of halogens is 1. The van der Waals surface area contributed by atoms with Gasteiger partial charge in [0.1, 0.15) is 14.8 Å². The first-order valence-electron chi connectivity index (χ1n) is 9.53. The van der Waals surface area contributed by atoms with Crippen LogP contribution < -0.4 is 16.8 Å². The third-order valence-electron chi connectivity index (χ3n) is 4.81. The smallest absolute Gasteiger partial charge is 0.211 e. The van der Waals surface area contributed by atoms with Gasteiger partial charge in [-0.1, -0.05) is 55.8 Å². The summed E-state index contributed by atoms with van der Waals surface area (Å²) in [5.41, 5.74) is 12.2. The van der Waals surface area contributed by atoms with Gasteiger partial charge in [0.15, 0.2) is 0 Å². The molecule has 0 aliphatic heterocycles. The number of benzene rings is 2. The first-order valence-corrected chi connectivity index (χ1v) is 12.2. The predicted octanol–water partition coefficient (Wildman–Crippen LogP) is 4.44. The molecule has 0 saturated carbocycles.